The number of terminal acetylenes is 1. The minimum absolute atomic E-state index is 0.312. The highest BCUT2D eigenvalue weighted by Crippen LogP contribution is 2.20. The summed E-state index contributed by atoms with van der Waals surface area (Å²) in [7, 11) is 1.94. The molecule has 1 aromatic carbocycles. The van der Waals surface area contributed by atoms with Crippen LogP contribution in [0.3, 0.4) is 0 Å². The molecule has 0 unspecified atom stereocenters. The molecule has 0 saturated heterocycles. The molecule has 0 aromatic heterocycles. The van der Waals surface area contributed by atoms with Gasteiger partial charge in [0.2, 0.25) is 0 Å². The molecule has 0 fully saturated rings. The lowest BCUT2D eigenvalue weighted by molar-refractivity contribution is 0.0697. The summed E-state index contributed by atoms with van der Waals surface area (Å²) in [5.74, 6) is 1.68. The highest BCUT2D eigenvalue weighted by atomic mass is 16.4. The summed E-state index contributed by atoms with van der Waals surface area (Å²) in [5.41, 5.74) is 2.27. The number of carbonyl (C=O) groups is 1. The number of carboxylic acids is 1. The number of aryl methyl sites for hydroxylation is 1. The Kier molecular flexibility index (Phi) is 3.96. The van der Waals surface area contributed by atoms with Gasteiger partial charge in [-0.1, -0.05) is 0 Å². The Morgan fingerprint density at radius 3 is 2.75 bits per heavy atom. The van der Waals surface area contributed by atoms with E-state index in [9.17, 15) is 4.79 Å². The highest BCUT2D eigenvalue weighted by Gasteiger charge is 2.08. The largest absolute Gasteiger partial charge is 0.478 e. The lowest BCUT2D eigenvalue weighted by Crippen LogP contribution is -2.19. The van der Waals surface area contributed by atoms with Gasteiger partial charge in [-0.05, 0) is 30.7 Å². The van der Waals surface area contributed by atoms with Crippen molar-refractivity contribution in [1.29, 1.82) is 0 Å². The zero-order valence-corrected chi connectivity index (χ0v) is 9.53. The van der Waals surface area contributed by atoms with Crippen LogP contribution in [0, 0.1) is 19.3 Å². The van der Waals surface area contributed by atoms with E-state index in [2.05, 4.69) is 5.92 Å². The van der Waals surface area contributed by atoms with Crippen LogP contribution in [-0.2, 0) is 0 Å². The van der Waals surface area contributed by atoms with Crippen LogP contribution in [0.15, 0.2) is 18.2 Å². The number of anilines is 1. The van der Waals surface area contributed by atoms with Crippen LogP contribution >= 0.6 is 0 Å². The SMILES string of the molecule is C#CCCN(C)c1ccc(C(=O)O)cc1C. The second-order valence-corrected chi connectivity index (χ2v) is 3.68. The van der Waals surface area contributed by atoms with E-state index in [0.717, 1.165) is 17.8 Å². The summed E-state index contributed by atoms with van der Waals surface area (Å²) >= 11 is 0. The van der Waals surface area contributed by atoms with Gasteiger partial charge in [0.25, 0.3) is 0 Å². The van der Waals surface area contributed by atoms with Gasteiger partial charge in [0.05, 0.1) is 5.56 Å². The third-order valence-electron chi connectivity index (χ3n) is 2.45. The number of carboxylic acid groups (broad SMARTS) is 1. The third kappa shape index (κ3) is 2.77. The van der Waals surface area contributed by atoms with Crippen molar-refractivity contribution in [1.82, 2.24) is 0 Å². The molecule has 0 aliphatic rings. The van der Waals surface area contributed by atoms with Gasteiger partial charge in [-0.3, -0.25) is 0 Å². The number of benzene rings is 1. The van der Waals surface area contributed by atoms with Crippen molar-refractivity contribution in [3.05, 3.63) is 29.3 Å². The van der Waals surface area contributed by atoms with Crippen LogP contribution in [0.4, 0.5) is 5.69 Å². The molecule has 0 spiro atoms. The van der Waals surface area contributed by atoms with Gasteiger partial charge in [-0.2, -0.15) is 0 Å². The molecule has 84 valence electrons. The number of hydrogen-bond donors (Lipinski definition) is 1. The lowest BCUT2D eigenvalue weighted by Gasteiger charge is -2.20. The van der Waals surface area contributed by atoms with Crippen molar-refractivity contribution in [3.8, 4) is 12.3 Å². The maximum absolute atomic E-state index is 10.8. The average molecular weight is 217 g/mol. The minimum Gasteiger partial charge on any atom is -0.478 e. The van der Waals surface area contributed by atoms with E-state index in [0.29, 0.717) is 12.0 Å². The average Bonchev–Trinajstić information content (AvgIpc) is 2.25. The normalized spacial score (nSPS) is 9.56. The molecular weight excluding hydrogens is 202 g/mol. The molecule has 0 radical (unpaired) electrons. The highest BCUT2D eigenvalue weighted by molar-refractivity contribution is 5.88. The molecule has 0 heterocycles. The van der Waals surface area contributed by atoms with Crippen LogP contribution in [0.5, 0.6) is 0 Å². The minimum atomic E-state index is -0.902. The number of rotatable bonds is 4. The third-order valence-corrected chi connectivity index (χ3v) is 2.45. The smallest absolute Gasteiger partial charge is 0.335 e. The topological polar surface area (TPSA) is 40.5 Å². The molecule has 0 atom stereocenters. The fourth-order valence-corrected chi connectivity index (χ4v) is 1.57. The van der Waals surface area contributed by atoms with E-state index in [4.69, 9.17) is 11.5 Å². The number of hydrogen-bond acceptors (Lipinski definition) is 2. The zero-order chi connectivity index (χ0) is 12.1. The molecular formula is C13H15NO2. The van der Waals surface area contributed by atoms with Crippen molar-refractivity contribution >= 4 is 11.7 Å². The summed E-state index contributed by atoms with van der Waals surface area (Å²) in [4.78, 5) is 12.8. The molecule has 0 aliphatic heterocycles. The lowest BCUT2D eigenvalue weighted by atomic mass is 10.1. The Morgan fingerprint density at radius 2 is 2.25 bits per heavy atom. The van der Waals surface area contributed by atoms with E-state index in [1.807, 2.05) is 24.9 Å². The van der Waals surface area contributed by atoms with Gasteiger partial charge < -0.3 is 10.0 Å². The molecule has 16 heavy (non-hydrogen) atoms. The fourth-order valence-electron chi connectivity index (χ4n) is 1.57. The Morgan fingerprint density at radius 1 is 1.56 bits per heavy atom. The predicted molar refractivity (Wildman–Crippen MR) is 64.9 cm³/mol. The maximum atomic E-state index is 10.8. The molecule has 1 aromatic rings. The van der Waals surface area contributed by atoms with E-state index in [-0.39, 0.29) is 0 Å². The van der Waals surface area contributed by atoms with Crippen molar-refractivity contribution in [2.45, 2.75) is 13.3 Å². The van der Waals surface area contributed by atoms with Gasteiger partial charge in [0.1, 0.15) is 0 Å². The molecule has 1 rings (SSSR count). The molecule has 0 amide bonds. The van der Waals surface area contributed by atoms with Crippen molar-refractivity contribution in [2.24, 2.45) is 0 Å². The molecule has 3 heteroatoms. The summed E-state index contributed by atoms with van der Waals surface area (Å²) in [5, 5.41) is 8.84. The van der Waals surface area contributed by atoms with Crippen LogP contribution in [-0.4, -0.2) is 24.7 Å². The second-order valence-electron chi connectivity index (χ2n) is 3.68. The summed E-state index contributed by atoms with van der Waals surface area (Å²) < 4.78 is 0. The predicted octanol–water partition coefficient (Wildman–Crippen LogP) is 2.15. The van der Waals surface area contributed by atoms with E-state index >= 15 is 0 Å². The summed E-state index contributed by atoms with van der Waals surface area (Å²) in [6.45, 7) is 2.66. The quantitative estimate of drug-likeness (QED) is 0.786. The van der Waals surface area contributed by atoms with Crippen LogP contribution in [0.2, 0.25) is 0 Å². The van der Waals surface area contributed by atoms with E-state index in [1.165, 1.54) is 0 Å². The Labute approximate surface area is 95.7 Å². The van der Waals surface area contributed by atoms with Crippen molar-refractivity contribution in [3.63, 3.8) is 0 Å². The monoisotopic (exact) mass is 217 g/mol. The first kappa shape index (κ1) is 12.1. The first-order valence-electron chi connectivity index (χ1n) is 5.05. The Hall–Kier alpha value is -1.95. The Bertz CT molecular complexity index is 432. The van der Waals surface area contributed by atoms with E-state index in [1.54, 1.807) is 12.1 Å². The summed E-state index contributed by atoms with van der Waals surface area (Å²) in [6.07, 6.45) is 5.88. The van der Waals surface area contributed by atoms with Crippen LogP contribution < -0.4 is 4.90 Å². The molecule has 3 nitrogen and oxygen atoms in total. The molecule has 0 bridgehead atoms. The summed E-state index contributed by atoms with van der Waals surface area (Å²) in [6, 6.07) is 5.09. The fraction of sp³-hybridized carbons (Fsp3) is 0.308. The first-order chi connectivity index (χ1) is 7.56. The van der Waals surface area contributed by atoms with Gasteiger partial charge in [0.15, 0.2) is 0 Å². The number of aromatic carboxylic acids is 1. The zero-order valence-electron chi connectivity index (χ0n) is 9.53. The van der Waals surface area contributed by atoms with Crippen molar-refractivity contribution < 1.29 is 9.90 Å². The maximum Gasteiger partial charge on any atom is 0.335 e. The molecule has 0 aliphatic carbocycles. The molecule has 0 saturated carbocycles. The van der Waals surface area contributed by atoms with Gasteiger partial charge in [-0.15, -0.1) is 12.3 Å². The van der Waals surface area contributed by atoms with Gasteiger partial charge in [0, 0.05) is 25.7 Å². The number of nitrogens with zero attached hydrogens (tertiary/aromatic N) is 1. The van der Waals surface area contributed by atoms with Crippen molar-refractivity contribution in [2.75, 3.05) is 18.5 Å². The Balaban J connectivity index is 2.91. The second kappa shape index (κ2) is 5.22. The van der Waals surface area contributed by atoms with Crippen LogP contribution in [0.1, 0.15) is 22.3 Å². The standard InChI is InChI=1S/C13H15NO2/c1-4-5-8-14(3)12-7-6-11(13(15)16)9-10(12)2/h1,6-7,9H,5,8H2,2-3H3,(H,15,16). The first-order valence-corrected chi connectivity index (χ1v) is 5.05. The van der Waals surface area contributed by atoms with Crippen LogP contribution in [0.25, 0.3) is 0 Å². The van der Waals surface area contributed by atoms with E-state index < -0.39 is 5.97 Å². The van der Waals surface area contributed by atoms with Gasteiger partial charge >= 0.3 is 5.97 Å². The van der Waals surface area contributed by atoms with Gasteiger partial charge in [-0.25, -0.2) is 4.79 Å². The molecule has 1 N–H and O–H groups in total.